The lowest BCUT2D eigenvalue weighted by Gasteiger charge is -2.21. The molecule has 84 valence electrons. The van der Waals surface area contributed by atoms with Crippen LogP contribution in [0.25, 0.3) is 0 Å². The Morgan fingerprint density at radius 1 is 1.07 bits per heavy atom. The summed E-state index contributed by atoms with van der Waals surface area (Å²) in [6.07, 6.45) is -0.547. The lowest BCUT2D eigenvalue weighted by atomic mass is 10.1. The van der Waals surface area contributed by atoms with Crippen LogP contribution in [0.4, 0.5) is 0 Å². The molecule has 1 aromatic carbocycles. The maximum Gasteiger partial charge on any atom is 0.0811 e. The fourth-order valence-corrected chi connectivity index (χ4v) is 1.35. The molecule has 0 heterocycles. The first-order valence-electron chi connectivity index (χ1n) is 5.41. The summed E-state index contributed by atoms with van der Waals surface area (Å²) in [7, 11) is 0. The highest BCUT2D eigenvalue weighted by molar-refractivity contribution is 5.22. The molecule has 0 amide bonds. The van der Waals surface area contributed by atoms with E-state index in [4.69, 9.17) is 4.74 Å². The molecule has 3 unspecified atom stereocenters. The van der Waals surface area contributed by atoms with E-state index in [0.29, 0.717) is 0 Å². The van der Waals surface area contributed by atoms with E-state index >= 15 is 0 Å². The molecule has 1 rings (SSSR count). The molecule has 0 saturated heterocycles. The SMILES string of the molecule is Cc1ccc(C(C)OC(C)C(C)O)cc1. The molecule has 0 bridgehead atoms. The quantitative estimate of drug-likeness (QED) is 0.824. The summed E-state index contributed by atoms with van der Waals surface area (Å²) >= 11 is 0. The van der Waals surface area contributed by atoms with Crippen molar-refractivity contribution >= 4 is 0 Å². The van der Waals surface area contributed by atoms with E-state index in [0.717, 1.165) is 5.56 Å². The van der Waals surface area contributed by atoms with Crippen LogP contribution in [0.5, 0.6) is 0 Å². The Morgan fingerprint density at radius 2 is 1.60 bits per heavy atom. The number of ether oxygens (including phenoxy) is 1. The van der Waals surface area contributed by atoms with Gasteiger partial charge in [-0.25, -0.2) is 0 Å². The second kappa shape index (κ2) is 5.29. The Hall–Kier alpha value is -0.860. The number of aryl methyl sites for hydroxylation is 1. The molecule has 0 aromatic heterocycles. The highest BCUT2D eigenvalue weighted by Gasteiger charge is 2.14. The summed E-state index contributed by atoms with van der Waals surface area (Å²) in [4.78, 5) is 0. The van der Waals surface area contributed by atoms with Crippen LogP contribution in [0.3, 0.4) is 0 Å². The summed E-state index contributed by atoms with van der Waals surface area (Å²) in [5.74, 6) is 0. The second-order valence-corrected chi connectivity index (χ2v) is 4.13. The Labute approximate surface area is 91.9 Å². The zero-order chi connectivity index (χ0) is 11.4. The lowest BCUT2D eigenvalue weighted by Crippen LogP contribution is -2.24. The minimum atomic E-state index is -0.433. The molecule has 0 aliphatic carbocycles. The number of aliphatic hydroxyl groups is 1. The largest absolute Gasteiger partial charge is 0.391 e. The highest BCUT2D eigenvalue weighted by Crippen LogP contribution is 2.19. The number of aliphatic hydroxyl groups excluding tert-OH is 1. The van der Waals surface area contributed by atoms with Crippen molar-refractivity contribution in [3.63, 3.8) is 0 Å². The smallest absolute Gasteiger partial charge is 0.0811 e. The average molecular weight is 208 g/mol. The minimum absolute atomic E-state index is 0.0233. The van der Waals surface area contributed by atoms with E-state index < -0.39 is 6.10 Å². The third-order valence-corrected chi connectivity index (χ3v) is 2.64. The van der Waals surface area contributed by atoms with Crippen LogP contribution >= 0.6 is 0 Å². The van der Waals surface area contributed by atoms with Crippen molar-refractivity contribution in [2.45, 2.75) is 46.0 Å². The summed E-state index contributed by atoms with van der Waals surface area (Å²) in [6.45, 7) is 7.69. The molecule has 2 heteroatoms. The van der Waals surface area contributed by atoms with Crippen LogP contribution in [-0.4, -0.2) is 17.3 Å². The van der Waals surface area contributed by atoms with E-state index in [1.54, 1.807) is 6.92 Å². The molecular formula is C13H20O2. The van der Waals surface area contributed by atoms with Gasteiger partial charge in [-0.15, -0.1) is 0 Å². The van der Waals surface area contributed by atoms with Gasteiger partial charge in [0, 0.05) is 0 Å². The average Bonchev–Trinajstić information content (AvgIpc) is 2.18. The fourth-order valence-electron chi connectivity index (χ4n) is 1.35. The highest BCUT2D eigenvalue weighted by atomic mass is 16.5. The van der Waals surface area contributed by atoms with Crippen LogP contribution in [0.15, 0.2) is 24.3 Å². The zero-order valence-corrected chi connectivity index (χ0v) is 9.90. The van der Waals surface area contributed by atoms with Gasteiger partial charge >= 0.3 is 0 Å². The molecular weight excluding hydrogens is 188 g/mol. The molecule has 0 aliphatic heterocycles. The summed E-state index contributed by atoms with van der Waals surface area (Å²) in [6, 6.07) is 8.27. The Morgan fingerprint density at radius 3 is 2.07 bits per heavy atom. The fraction of sp³-hybridized carbons (Fsp3) is 0.538. The Balaban J connectivity index is 2.61. The van der Waals surface area contributed by atoms with Crippen LogP contribution < -0.4 is 0 Å². The molecule has 15 heavy (non-hydrogen) atoms. The van der Waals surface area contributed by atoms with Gasteiger partial charge in [-0.3, -0.25) is 0 Å². The molecule has 2 nitrogen and oxygen atoms in total. The van der Waals surface area contributed by atoms with E-state index in [1.807, 2.05) is 13.8 Å². The molecule has 0 spiro atoms. The predicted octanol–water partition coefficient (Wildman–Crippen LogP) is 2.84. The predicted molar refractivity (Wildman–Crippen MR) is 61.8 cm³/mol. The van der Waals surface area contributed by atoms with Gasteiger partial charge in [-0.05, 0) is 33.3 Å². The maximum absolute atomic E-state index is 9.34. The summed E-state index contributed by atoms with van der Waals surface area (Å²) in [5.41, 5.74) is 2.39. The number of hydrogen-bond acceptors (Lipinski definition) is 2. The number of hydrogen-bond donors (Lipinski definition) is 1. The topological polar surface area (TPSA) is 29.5 Å². The normalized spacial score (nSPS) is 17.1. The third-order valence-electron chi connectivity index (χ3n) is 2.64. The molecule has 0 radical (unpaired) electrons. The molecule has 1 N–H and O–H groups in total. The van der Waals surface area contributed by atoms with Crippen LogP contribution in [0, 0.1) is 6.92 Å². The van der Waals surface area contributed by atoms with Gasteiger partial charge in [0.15, 0.2) is 0 Å². The van der Waals surface area contributed by atoms with Gasteiger partial charge in [0.05, 0.1) is 18.3 Å². The first-order chi connectivity index (χ1) is 7.00. The van der Waals surface area contributed by atoms with E-state index in [2.05, 4.69) is 31.2 Å². The van der Waals surface area contributed by atoms with Gasteiger partial charge < -0.3 is 9.84 Å². The molecule has 3 atom stereocenters. The van der Waals surface area contributed by atoms with Gasteiger partial charge in [0.2, 0.25) is 0 Å². The summed E-state index contributed by atoms with van der Waals surface area (Å²) in [5, 5.41) is 9.34. The van der Waals surface area contributed by atoms with Crippen molar-refractivity contribution in [1.82, 2.24) is 0 Å². The number of rotatable bonds is 4. The maximum atomic E-state index is 9.34. The lowest BCUT2D eigenvalue weighted by molar-refractivity contribution is -0.0558. The first kappa shape index (κ1) is 12.2. The van der Waals surface area contributed by atoms with Crippen molar-refractivity contribution in [1.29, 1.82) is 0 Å². The van der Waals surface area contributed by atoms with E-state index in [-0.39, 0.29) is 12.2 Å². The zero-order valence-electron chi connectivity index (χ0n) is 9.90. The first-order valence-corrected chi connectivity index (χ1v) is 5.41. The van der Waals surface area contributed by atoms with Gasteiger partial charge in [-0.1, -0.05) is 29.8 Å². The third kappa shape index (κ3) is 3.65. The molecule has 0 fully saturated rings. The van der Waals surface area contributed by atoms with E-state index in [9.17, 15) is 5.11 Å². The van der Waals surface area contributed by atoms with Crippen molar-refractivity contribution in [3.8, 4) is 0 Å². The Bertz CT molecular complexity index is 290. The van der Waals surface area contributed by atoms with Crippen molar-refractivity contribution in [2.24, 2.45) is 0 Å². The molecule has 0 aliphatic rings. The van der Waals surface area contributed by atoms with Crippen LogP contribution in [-0.2, 0) is 4.74 Å². The number of benzene rings is 1. The van der Waals surface area contributed by atoms with Crippen molar-refractivity contribution in [3.05, 3.63) is 35.4 Å². The van der Waals surface area contributed by atoms with Gasteiger partial charge in [0.1, 0.15) is 0 Å². The summed E-state index contributed by atoms with van der Waals surface area (Å²) < 4.78 is 5.69. The monoisotopic (exact) mass is 208 g/mol. The van der Waals surface area contributed by atoms with Gasteiger partial charge in [-0.2, -0.15) is 0 Å². The van der Waals surface area contributed by atoms with Crippen LogP contribution in [0.2, 0.25) is 0 Å². The second-order valence-electron chi connectivity index (χ2n) is 4.13. The van der Waals surface area contributed by atoms with Crippen molar-refractivity contribution < 1.29 is 9.84 Å². The Kier molecular flexibility index (Phi) is 4.30. The minimum Gasteiger partial charge on any atom is -0.391 e. The molecule has 0 saturated carbocycles. The van der Waals surface area contributed by atoms with Crippen LogP contribution in [0.1, 0.15) is 38.0 Å². The van der Waals surface area contributed by atoms with Crippen molar-refractivity contribution in [2.75, 3.05) is 0 Å². The van der Waals surface area contributed by atoms with Gasteiger partial charge in [0.25, 0.3) is 0 Å². The molecule has 1 aromatic rings. The van der Waals surface area contributed by atoms with E-state index in [1.165, 1.54) is 5.56 Å². The standard InChI is InChI=1S/C13H20O2/c1-9-5-7-13(8-6-9)12(4)15-11(3)10(2)14/h5-8,10-12,14H,1-4H3.